The van der Waals surface area contributed by atoms with E-state index >= 15 is 0 Å². The molecule has 1 atom stereocenters. The molecule has 0 saturated carbocycles. The van der Waals surface area contributed by atoms with E-state index in [1.54, 1.807) is 0 Å². The molecule has 1 heteroatoms. The number of rotatable bonds is 2. The molecule has 0 amide bonds. The summed E-state index contributed by atoms with van der Waals surface area (Å²) >= 11 is 0. The van der Waals surface area contributed by atoms with Crippen molar-refractivity contribution in [3.63, 3.8) is 0 Å². The van der Waals surface area contributed by atoms with Gasteiger partial charge >= 0.3 is 0 Å². The number of hydrogen-bond acceptors (Lipinski definition) is 0. The monoisotopic (exact) mass is 236 g/mol. The van der Waals surface area contributed by atoms with Crippen molar-refractivity contribution in [3.8, 4) is 0 Å². The predicted molar refractivity (Wildman–Crippen MR) is 49.4 cm³/mol. The Morgan fingerprint density at radius 3 is 2.00 bits per heavy atom. The van der Waals surface area contributed by atoms with Crippen LogP contribution in [0.4, 0.5) is 0 Å². The van der Waals surface area contributed by atoms with E-state index in [2.05, 4.69) is 51.1 Å². The molecular weight excluding hydrogens is 221 g/mol. The Bertz CT molecular complexity index is 204. The topological polar surface area (TPSA) is 0 Å². The second kappa shape index (κ2) is 5.88. The van der Waals surface area contributed by atoms with Crippen molar-refractivity contribution in [2.75, 3.05) is 0 Å². The Hall–Kier alpha value is 0.324. The van der Waals surface area contributed by atoms with Gasteiger partial charge in [0.15, 0.2) is 0 Å². The Morgan fingerprint density at radius 1 is 1.08 bits per heavy atom. The van der Waals surface area contributed by atoms with Gasteiger partial charge in [-0.3, -0.25) is 0 Å². The van der Waals surface area contributed by atoms with Crippen LogP contribution < -0.4 is 0 Å². The van der Waals surface area contributed by atoms with Crippen LogP contribution in [-0.4, -0.2) is 0 Å². The molecule has 1 aromatic carbocycles. The maximum atomic E-state index is 2.24. The van der Waals surface area contributed by atoms with Crippen molar-refractivity contribution in [1.29, 1.82) is 0 Å². The molecule has 0 fully saturated rings. The summed E-state index contributed by atoms with van der Waals surface area (Å²) in [4.78, 5) is 0. The summed E-state index contributed by atoms with van der Waals surface area (Å²) in [7, 11) is 0. The summed E-state index contributed by atoms with van der Waals surface area (Å²) in [5, 5.41) is 0. The fourth-order valence-electron chi connectivity index (χ4n) is 1.08. The van der Waals surface area contributed by atoms with Crippen LogP contribution in [0, 0.1) is 5.92 Å². The minimum absolute atomic E-state index is 0. The van der Waals surface area contributed by atoms with Gasteiger partial charge in [-0.25, -0.2) is 0 Å². The number of hydrogen-bond donors (Lipinski definition) is 0. The zero-order valence-corrected chi connectivity index (χ0v) is 10.9. The van der Waals surface area contributed by atoms with Crippen molar-refractivity contribution < 1.29 is 32.7 Å². The first-order valence-electron chi connectivity index (χ1n) is 4.07. The van der Waals surface area contributed by atoms with Gasteiger partial charge < -0.3 is 5.92 Å². The Morgan fingerprint density at radius 2 is 1.58 bits per heavy atom. The van der Waals surface area contributed by atoms with Crippen LogP contribution in [0.5, 0.6) is 0 Å². The van der Waals surface area contributed by atoms with Gasteiger partial charge in [0, 0.05) is 32.7 Å². The third-order valence-electron chi connectivity index (χ3n) is 2.17. The quantitative estimate of drug-likeness (QED) is 0.690. The molecule has 1 rings (SSSR count). The molecule has 0 aliphatic rings. The second-order valence-electron chi connectivity index (χ2n) is 3.21. The summed E-state index contributed by atoms with van der Waals surface area (Å²) in [6.07, 6.45) is 0. The Kier molecular flexibility index (Phi) is 6.04. The SMILES string of the molecule is C[C-](C)C(C)c1ccccc1.[Y]. The van der Waals surface area contributed by atoms with Crippen LogP contribution in [0.25, 0.3) is 0 Å². The number of benzene rings is 1. The van der Waals surface area contributed by atoms with Crippen LogP contribution in [-0.2, 0) is 32.7 Å². The molecule has 1 aromatic rings. The molecule has 0 aliphatic carbocycles. The third kappa shape index (κ3) is 3.37. The summed E-state index contributed by atoms with van der Waals surface area (Å²) in [6, 6.07) is 10.6. The fraction of sp³-hybridized carbons (Fsp3) is 0.364. The van der Waals surface area contributed by atoms with Gasteiger partial charge in [-0.15, -0.1) is 5.92 Å². The van der Waals surface area contributed by atoms with Crippen molar-refractivity contribution in [1.82, 2.24) is 0 Å². The molecule has 63 valence electrons. The van der Waals surface area contributed by atoms with E-state index in [1.807, 2.05) is 0 Å². The first kappa shape index (κ1) is 12.3. The molecule has 0 aliphatic heterocycles. The van der Waals surface area contributed by atoms with E-state index < -0.39 is 0 Å². The molecule has 0 nitrogen and oxygen atoms in total. The van der Waals surface area contributed by atoms with Crippen LogP contribution in [0.1, 0.15) is 32.3 Å². The minimum atomic E-state index is 0. The standard InChI is InChI=1S/C11H15.Y/c1-9(2)10(3)11-7-5-4-6-8-11;/h4-8,10H,1-3H3;/q-1;. The molecule has 0 bridgehead atoms. The van der Waals surface area contributed by atoms with Gasteiger partial charge in [-0.1, -0.05) is 42.8 Å². The van der Waals surface area contributed by atoms with E-state index in [1.165, 1.54) is 11.5 Å². The molecule has 0 heterocycles. The molecule has 1 unspecified atom stereocenters. The predicted octanol–water partition coefficient (Wildman–Crippen LogP) is 3.40. The largest absolute Gasteiger partial charge is 0.313 e. The summed E-state index contributed by atoms with van der Waals surface area (Å²) < 4.78 is 0. The first-order valence-corrected chi connectivity index (χ1v) is 4.07. The molecule has 12 heavy (non-hydrogen) atoms. The first-order chi connectivity index (χ1) is 5.22. The Balaban J connectivity index is 0.00000121. The van der Waals surface area contributed by atoms with Crippen molar-refractivity contribution in [2.45, 2.75) is 26.7 Å². The van der Waals surface area contributed by atoms with Gasteiger partial charge in [0.1, 0.15) is 0 Å². The maximum Gasteiger partial charge on any atom is 0 e. The summed E-state index contributed by atoms with van der Waals surface area (Å²) in [5.41, 5.74) is 1.41. The van der Waals surface area contributed by atoms with E-state index in [-0.39, 0.29) is 32.7 Å². The zero-order chi connectivity index (χ0) is 8.27. The van der Waals surface area contributed by atoms with E-state index in [9.17, 15) is 0 Å². The van der Waals surface area contributed by atoms with Crippen LogP contribution in [0.15, 0.2) is 30.3 Å². The van der Waals surface area contributed by atoms with Crippen molar-refractivity contribution in [3.05, 3.63) is 41.8 Å². The Labute approximate surface area is 101 Å². The molecular formula is C11H15Y-. The second-order valence-corrected chi connectivity index (χ2v) is 3.21. The normalized spacial score (nSPS) is 12.3. The minimum Gasteiger partial charge on any atom is -0.313 e. The van der Waals surface area contributed by atoms with Gasteiger partial charge in [0.2, 0.25) is 0 Å². The summed E-state index contributed by atoms with van der Waals surface area (Å²) in [6.45, 7) is 6.60. The molecule has 1 radical (unpaired) electrons. The van der Waals surface area contributed by atoms with E-state index in [4.69, 9.17) is 0 Å². The average molecular weight is 236 g/mol. The fourth-order valence-corrected chi connectivity index (χ4v) is 1.08. The third-order valence-corrected chi connectivity index (χ3v) is 2.17. The van der Waals surface area contributed by atoms with Crippen molar-refractivity contribution in [2.24, 2.45) is 0 Å². The van der Waals surface area contributed by atoms with Crippen LogP contribution >= 0.6 is 0 Å². The van der Waals surface area contributed by atoms with Gasteiger partial charge in [-0.05, 0) is 0 Å². The molecule has 0 aromatic heterocycles. The smallest absolute Gasteiger partial charge is 0 e. The summed E-state index contributed by atoms with van der Waals surface area (Å²) in [5.74, 6) is 2.06. The van der Waals surface area contributed by atoms with Gasteiger partial charge in [0.05, 0.1) is 0 Å². The van der Waals surface area contributed by atoms with Crippen LogP contribution in [0.3, 0.4) is 0 Å². The molecule has 0 N–H and O–H groups in total. The van der Waals surface area contributed by atoms with Crippen molar-refractivity contribution >= 4 is 0 Å². The van der Waals surface area contributed by atoms with Crippen LogP contribution in [0.2, 0.25) is 0 Å². The molecule has 0 spiro atoms. The van der Waals surface area contributed by atoms with Gasteiger partial charge in [0.25, 0.3) is 0 Å². The van der Waals surface area contributed by atoms with Gasteiger partial charge in [-0.2, -0.15) is 13.8 Å². The average Bonchev–Trinajstić information content (AvgIpc) is 2.05. The van der Waals surface area contributed by atoms with E-state index in [0.29, 0.717) is 5.92 Å². The molecule has 0 saturated heterocycles. The maximum absolute atomic E-state index is 2.24. The van der Waals surface area contributed by atoms with E-state index in [0.717, 1.165) is 0 Å². The zero-order valence-electron chi connectivity index (χ0n) is 8.04.